The van der Waals surface area contributed by atoms with Gasteiger partial charge in [0, 0.05) is 18.5 Å². The molecule has 96 valence electrons. The van der Waals surface area contributed by atoms with Gasteiger partial charge in [0.05, 0.1) is 0 Å². The molecule has 0 saturated carbocycles. The molecule has 1 rings (SSSR count). The zero-order chi connectivity index (χ0) is 12.2. The van der Waals surface area contributed by atoms with Crippen LogP contribution in [0.1, 0.15) is 37.7 Å². The topological polar surface area (TPSA) is 9.23 Å². The Hall–Kier alpha value is -0.340. The molecule has 0 amide bonds. The zero-order valence-electron chi connectivity index (χ0n) is 10.5. The molecule has 0 unspecified atom stereocenters. The first-order valence-electron chi connectivity index (χ1n) is 6.61. The van der Waals surface area contributed by atoms with Gasteiger partial charge in [0.1, 0.15) is 0 Å². The van der Waals surface area contributed by atoms with Crippen LogP contribution in [0.2, 0.25) is 0 Å². The lowest BCUT2D eigenvalue weighted by molar-refractivity contribution is 0.126. The van der Waals surface area contributed by atoms with E-state index in [0.29, 0.717) is 0 Å². The maximum absolute atomic E-state index is 5.60. The van der Waals surface area contributed by atoms with E-state index in [4.69, 9.17) is 4.74 Å². The van der Waals surface area contributed by atoms with Crippen molar-refractivity contribution < 1.29 is 4.74 Å². The number of halogens is 1. The molecule has 0 aliphatic heterocycles. The Morgan fingerprint density at radius 3 is 2.24 bits per heavy atom. The molecule has 0 heterocycles. The molecule has 0 aromatic heterocycles. The van der Waals surface area contributed by atoms with E-state index in [2.05, 4.69) is 46.3 Å². The first-order valence-corrected chi connectivity index (χ1v) is 7.73. The summed E-state index contributed by atoms with van der Waals surface area (Å²) in [5, 5.41) is 1.12. The first-order chi connectivity index (χ1) is 8.43. The summed E-state index contributed by atoms with van der Waals surface area (Å²) >= 11 is 3.43. The Kier molecular flexibility index (Phi) is 9.34. The minimum atomic E-state index is 0.918. The second-order valence-corrected chi connectivity index (χ2v) is 5.10. The van der Waals surface area contributed by atoms with Gasteiger partial charge in [-0.1, -0.05) is 52.7 Å². The van der Waals surface area contributed by atoms with Gasteiger partial charge in [-0.15, -0.1) is 0 Å². The fraction of sp³-hybridized carbons (Fsp3) is 0.600. The normalized spacial score (nSPS) is 10.6. The lowest BCUT2D eigenvalue weighted by Crippen LogP contribution is -1.98. The summed E-state index contributed by atoms with van der Waals surface area (Å²) in [5.74, 6) is 0. The van der Waals surface area contributed by atoms with Gasteiger partial charge in [-0.05, 0) is 37.7 Å². The molecule has 1 aromatic carbocycles. The summed E-state index contributed by atoms with van der Waals surface area (Å²) in [6.07, 6.45) is 7.31. The molecule has 0 atom stereocenters. The van der Waals surface area contributed by atoms with Gasteiger partial charge in [-0.25, -0.2) is 0 Å². The number of rotatable bonds is 10. The summed E-state index contributed by atoms with van der Waals surface area (Å²) in [6.45, 7) is 1.85. The second-order valence-electron chi connectivity index (χ2n) is 4.30. The third kappa shape index (κ3) is 8.39. The summed E-state index contributed by atoms with van der Waals surface area (Å²) in [5.41, 5.74) is 1.44. The highest BCUT2D eigenvalue weighted by molar-refractivity contribution is 9.09. The van der Waals surface area contributed by atoms with Crippen molar-refractivity contribution in [2.45, 2.75) is 38.5 Å². The van der Waals surface area contributed by atoms with Gasteiger partial charge in [-0.3, -0.25) is 0 Å². The van der Waals surface area contributed by atoms with Crippen molar-refractivity contribution in [2.24, 2.45) is 0 Å². The molecule has 1 nitrogen and oxygen atoms in total. The monoisotopic (exact) mass is 298 g/mol. The van der Waals surface area contributed by atoms with Crippen LogP contribution in [0.5, 0.6) is 0 Å². The van der Waals surface area contributed by atoms with Crippen molar-refractivity contribution in [2.75, 3.05) is 18.5 Å². The Morgan fingerprint density at radius 1 is 0.824 bits per heavy atom. The number of ether oxygens (including phenoxy) is 1. The fourth-order valence-corrected chi connectivity index (χ4v) is 2.15. The third-order valence-electron chi connectivity index (χ3n) is 2.77. The average Bonchev–Trinajstić information content (AvgIpc) is 2.38. The maximum atomic E-state index is 5.60. The number of benzene rings is 1. The van der Waals surface area contributed by atoms with Gasteiger partial charge in [0.2, 0.25) is 0 Å². The number of unbranched alkanes of at least 4 members (excludes halogenated alkanes) is 3. The predicted molar refractivity (Wildman–Crippen MR) is 77.8 cm³/mol. The Balaban J connectivity index is 1.85. The van der Waals surface area contributed by atoms with Crippen LogP contribution in [-0.2, 0) is 11.2 Å². The lowest BCUT2D eigenvalue weighted by atomic mass is 10.1. The number of hydrogen-bond donors (Lipinski definition) is 0. The molecular formula is C15H23BrO. The van der Waals surface area contributed by atoms with Crippen molar-refractivity contribution in [1.82, 2.24) is 0 Å². The van der Waals surface area contributed by atoms with E-state index in [-0.39, 0.29) is 0 Å². The second kappa shape index (κ2) is 10.8. The van der Waals surface area contributed by atoms with Gasteiger partial charge < -0.3 is 4.74 Å². The van der Waals surface area contributed by atoms with Crippen LogP contribution in [0.25, 0.3) is 0 Å². The highest BCUT2D eigenvalue weighted by Gasteiger charge is 1.93. The Labute approximate surface area is 114 Å². The molecule has 17 heavy (non-hydrogen) atoms. The van der Waals surface area contributed by atoms with Gasteiger partial charge >= 0.3 is 0 Å². The standard InChI is InChI=1S/C15H23BrO/c16-12-6-2-7-13-17-14-8-5-11-15-9-3-1-4-10-15/h1,3-4,9-10H,2,5-8,11-14H2. The molecule has 0 bridgehead atoms. The van der Waals surface area contributed by atoms with Crippen LogP contribution >= 0.6 is 15.9 Å². The fourth-order valence-electron chi connectivity index (χ4n) is 1.76. The minimum absolute atomic E-state index is 0.918. The number of hydrogen-bond acceptors (Lipinski definition) is 1. The third-order valence-corrected chi connectivity index (χ3v) is 3.33. The van der Waals surface area contributed by atoms with E-state index < -0.39 is 0 Å². The highest BCUT2D eigenvalue weighted by atomic mass is 79.9. The molecule has 0 spiro atoms. The largest absolute Gasteiger partial charge is 0.381 e. The van der Waals surface area contributed by atoms with Crippen LogP contribution < -0.4 is 0 Å². The molecule has 0 saturated heterocycles. The molecule has 0 aliphatic rings. The highest BCUT2D eigenvalue weighted by Crippen LogP contribution is 2.05. The smallest absolute Gasteiger partial charge is 0.0466 e. The van der Waals surface area contributed by atoms with Crippen LogP contribution in [-0.4, -0.2) is 18.5 Å². The van der Waals surface area contributed by atoms with Crippen LogP contribution in [0.15, 0.2) is 30.3 Å². The lowest BCUT2D eigenvalue weighted by Gasteiger charge is -2.04. The van der Waals surface area contributed by atoms with Crippen LogP contribution in [0, 0.1) is 0 Å². The summed E-state index contributed by atoms with van der Waals surface area (Å²) in [4.78, 5) is 0. The van der Waals surface area contributed by atoms with E-state index in [1.54, 1.807) is 0 Å². The molecule has 0 radical (unpaired) electrons. The summed E-state index contributed by atoms with van der Waals surface area (Å²) in [7, 11) is 0. The number of aryl methyl sites for hydroxylation is 1. The molecule has 1 aromatic rings. The molecule has 0 aliphatic carbocycles. The molecule has 0 fully saturated rings. The quantitative estimate of drug-likeness (QED) is 0.453. The van der Waals surface area contributed by atoms with Crippen molar-refractivity contribution in [3.05, 3.63) is 35.9 Å². The first kappa shape index (κ1) is 14.7. The predicted octanol–water partition coefficient (Wildman–Crippen LogP) is 4.59. The van der Waals surface area contributed by atoms with Crippen molar-refractivity contribution in [3.63, 3.8) is 0 Å². The molecule has 2 heteroatoms. The SMILES string of the molecule is BrCCCCCOCCCCc1ccccc1. The van der Waals surface area contributed by atoms with Gasteiger partial charge in [0.15, 0.2) is 0 Å². The number of alkyl halides is 1. The van der Waals surface area contributed by atoms with E-state index in [0.717, 1.165) is 18.5 Å². The van der Waals surface area contributed by atoms with Crippen LogP contribution in [0.4, 0.5) is 0 Å². The Bertz CT molecular complexity index is 261. The molecule has 0 N–H and O–H groups in total. The maximum Gasteiger partial charge on any atom is 0.0466 e. The van der Waals surface area contributed by atoms with Gasteiger partial charge in [0.25, 0.3) is 0 Å². The Morgan fingerprint density at radius 2 is 1.53 bits per heavy atom. The molecular weight excluding hydrogens is 276 g/mol. The van der Waals surface area contributed by atoms with Crippen molar-refractivity contribution in [1.29, 1.82) is 0 Å². The summed E-state index contributed by atoms with van der Waals surface area (Å²) < 4.78 is 5.60. The van der Waals surface area contributed by atoms with Crippen molar-refractivity contribution in [3.8, 4) is 0 Å². The minimum Gasteiger partial charge on any atom is -0.381 e. The van der Waals surface area contributed by atoms with E-state index in [1.165, 1.54) is 44.1 Å². The van der Waals surface area contributed by atoms with Crippen molar-refractivity contribution >= 4 is 15.9 Å². The average molecular weight is 299 g/mol. The van der Waals surface area contributed by atoms with Gasteiger partial charge in [-0.2, -0.15) is 0 Å². The summed E-state index contributed by atoms with van der Waals surface area (Å²) in [6, 6.07) is 10.7. The van der Waals surface area contributed by atoms with E-state index in [1.807, 2.05) is 0 Å². The van der Waals surface area contributed by atoms with Crippen LogP contribution in [0.3, 0.4) is 0 Å². The zero-order valence-corrected chi connectivity index (χ0v) is 12.1. The van der Waals surface area contributed by atoms with E-state index in [9.17, 15) is 0 Å². The van der Waals surface area contributed by atoms with E-state index >= 15 is 0 Å².